The Morgan fingerprint density at radius 2 is 1.70 bits per heavy atom. The summed E-state index contributed by atoms with van der Waals surface area (Å²) in [6, 6.07) is 19.5. The maximum absolute atomic E-state index is 12.6. The second-order valence-electron chi connectivity index (χ2n) is 7.56. The lowest BCUT2D eigenvalue weighted by Crippen LogP contribution is -2.19. The molecule has 4 rings (SSSR count). The van der Waals surface area contributed by atoms with Gasteiger partial charge in [0.15, 0.2) is 6.61 Å². The Morgan fingerprint density at radius 3 is 2.47 bits per heavy atom. The van der Waals surface area contributed by atoms with Crippen LogP contribution in [0.5, 0.6) is 11.5 Å². The minimum absolute atomic E-state index is 0.206. The van der Waals surface area contributed by atoms with Crippen molar-refractivity contribution in [1.82, 2.24) is 0 Å². The van der Waals surface area contributed by atoms with Crippen molar-refractivity contribution in [2.45, 2.75) is 39.0 Å². The third-order valence-electron chi connectivity index (χ3n) is 5.46. The van der Waals surface area contributed by atoms with Gasteiger partial charge in [-0.1, -0.05) is 48.5 Å². The quantitative estimate of drug-likeness (QED) is 0.450. The van der Waals surface area contributed by atoms with Crippen LogP contribution >= 0.6 is 0 Å². The van der Waals surface area contributed by atoms with Gasteiger partial charge < -0.3 is 9.47 Å². The van der Waals surface area contributed by atoms with E-state index >= 15 is 0 Å². The first-order valence-electron chi connectivity index (χ1n) is 10.0. The molecule has 0 spiro atoms. The van der Waals surface area contributed by atoms with Crippen molar-refractivity contribution in [3.8, 4) is 22.6 Å². The van der Waals surface area contributed by atoms with Gasteiger partial charge in [-0.05, 0) is 65.6 Å². The van der Waals surface area contributed by atoms with E-state index in [2.05, 4.69) is 25.1 Å². The van der Waals surface area contributed by atoms with Gasteiger partial charge in [-0.15, -0.1) is 0 Å². The summed E-state index contributed by atoms with van der Waals surface area (Å²) < 4.78 is 48.8. The van der Waals surface area contributed by atoms with E-state index in [1.165, 1.54) is 0 Å². The molecule has 0 unspecified atom stereocenters. The third kappa shape index (κ3) is 4.61. The zero-order chi connectivity index (χ0) is 21.1. The summed E-state index contributed by atoms with van der Waals surface area (Å²) in [7, 11) is 0. The van der Waals surface area contributed by atoms with Crippen LogP contribution in [0.25, 0.3) is 11.1 Å². The van der Waals surface area contributed by atoms with Crippen molar-refractivity contribution in [2.24, 2.45) is 0 Å². The number of ether oxygens (including phenoxy) is 2. The monoisotopic (exact) mass is 412 g/mol. The number of hydrogen-bond donors (Lipinski definition) is 0. The second kappa shape index (κ2) is 8.42. The first kappa shape index (κ1) is 20.3. The van der Waals surface area contributed by atoms with Crippen LogP contribution in [0, 0.1) is 6.92 Å². The summed E-state index contributed by atoms with van der Waals surface area (Å²) in [6.45, 7) is 1.11. The Kier molecular flexibility index (Phi) is 5.71. The highest BCUT2D eigenvalue weighted by Crippen LogP contribution is 2.36. The molecule has 2 nitrogen and oxygen atoms in total. The predicted molar refractivity (Wildman–Crippen MR) is 111 cm³/mol. The Balaban J connectivity index is 1.56. The molecule has 0 bridgehead atoms. The Hall–Kier alpha value is -2.95. The van der Waals surface area contributed by atoms with Gasteiger partial charge in [0.1, 0.15) is 18.1 Å². The van der Waals surface area contributed by atoms with Crippen molar-refractivity contribution in [3.05, 3.63) is 82.9 Å². The molecule has 5 heteroatoms. The second-order valence-corrected chi connectivity index (χ2v) is 7.56. The highest BCUT2D eigenvalue weighted by atomic mass is 19.4. The SMILES string of the molecule is Cc1c(COc2cc(OCC(F)(F)F)cc3c2CCC3)cccc1-c1ccccc1. The maximum atomic E-state index is 12.6. The molecule has 0 aromatic heterocycles. The van der Waals surface area contributed by atoms with Crippen molar-refractivity contribution >= 4 is 0 Å². The highest BCUT2D eigenvalue weighted by molar-refractivity contribution is 5.68. The molecule has 0 radical (unpaired) electrons. The summed E-state index contributed by atoms with van der Waals surface area (Å²) >= 11 is 0. The van der Waals surface area contributed by atoms with Gasteiger partial charge in [0.05, 0.1) is 0 Å². The van der Waals surface area contributed by atoms with Crippen LogP contribution in [-0.4, -0.2) is 12.8 Å². The molecule has 0 aliphatic heterocycles. The van der Waals surface area contributed by atoms with Gasteiger partial charge in [0.2, 0.25) is 0 Å². The molecule has 0 atom stereocenters. The minimum Gasteiger partial charge on any atom is -0.488 e. The van der Waals surface area contributed by atoms with Crippen LogP contribution in [0.1, 0.15) is 28.7 Å². The number of fused-ring (bicyclic) bond motifs is 1. The summed E-state index contributed by atoms with van der Waals surface area (Å²) in [5.41, 5.74) is 6.55. The van der Waals surface area contributed by atoms with E-state index in [1.54, 1.807) is 12.1 Å². The van der Waals surface area contributed by atoms with E-state index in [4.69, 9.17) is 9.47 Å². The normalized spacial score (nSPS) is 13.2. The average molecular weight is 412 g/mol. The van der Waals surface area contributed by atoms with E-state index < -0.39 is 12.8 Å². The van der Waals surface area contributed by atoms with E-state index in [-0.39, 0.29) is 5.75 Å². The molecule has 0 N–H and O–H groups in total. The molecule has 0 saturated heterocycles. The molecule has 0 heterocycles. The van der Waals surface area contributed by atoms with Crippen LogP contribution in [-0.2, 0) is 19.4 Å². The van der Waals surface area contributed by atoms with Gasteiger partial charge in [0.25, 0.3) is 0 Å². The molecule has 3 aromatic carbocycles. The topological polar surface area (TPSA) is 18.5 Å². The van der Waals surface area contributed by atoms with Crippen molar-refractivity contribution in [3.63, 3.8) is 0 Å². The molecular weight excluding hydrogens is 389 g/mol. The lowest BCUT2D eigenvalue weighted by molar-refractivity contribution is -0.153. The van der Waals surface area contributed by atoms with Gasteiger partial charge in [-0.25, -0.2) is 0 Å². The van der Waals surface area contributed by atoms with E-state index in [1.807, 2.05) is 30.3 Å². The standard InChI is InChI=1S/C25H23F3O2/c1-17-20(10-6-11-22(17)18-7-3-2-4-8-18)15-29-24-14-21(30-16-25(26,27)28)13-19-9-5-12-23(19)24/h2-4,6-8,10-11,13-14H,5,9,12,15-16H2,1H3. The van der Waals surface area contributed by atoms with Crippen LogP contribution in [0.4, 0.5) is 13.2 Å². The molecule has 1 aliphatic rings. The van der Waals surface area contributed by atoms with Crippen LogP contribution in [0.2, 0.25) is 0 Å². The summed E-state index contributed by atoms with van der Waals surface area (Å²) in [5.74, 6) is 0.824. The lowest BCUT2D eigenvalue weighted by atomic mass is 9.97. The smallest absolute Gasteiger partial charge is 0.422 e. The zero-order valence-corrected chi connectivity index (χ0v) is 16.8. The predicted octanol–water partition coefficient (Wildman–Crippen LogP) is 6.67. The van der Waals surface area contributed by atoms with Gasteiger partial charge in [0, 0.05) is 6.07 Å². The molecule has 156 valence electrons. The maximum Gasteiger partial charge on any atom is 0.422 e. The van der Waals surface area contributed by atoms with Crippen LogP contribution < -0.4 is 9.47 Å². The van der Waals surface area contributed by atoms with E-state index in [0.717, 1.165) is 52.6 Å². The van der Waals surface area contributed by atoms with Crippen LogP contribution in [0.15, 0.2) is 60.7 Å². The Morgan fingerprint density at radius 1 is 0.900 bits per heavy atom. The number of alkyl halides is 3. The van der Waals surface area contributed by atoms with Gasteiger partial charge in [-0.2, -0.15) is 13.2 Å². The number of aryl methyl sites for hydroxylation is 1. The fourth-order valence-electron chi connectivity index (χ4n) is 3.94. The summed E-state index contributed by atoms with van der Waals surface area (Å²) in [6.07, 6.45) is -1.70. The number of rotatable bonds is 6. The summed E-state index contributed by atoms with van der Waals surface area (Å²) in [4.78, 5) is 0. The van der Waals surface area contributed by atoms with Crippen molar-refractivity contribution < 1.29 is 22.6 Å². The highest BCUT2D eigenvalue weighted by Gasteiger charge is 2.29. The lowest BCUT2D eigenvalue weighted by Gasteiger charge is -2.17. The molecule has 3 aromatic rings. The number of halogens is 3. The molecule has 0 fully saturated rings. The van der Waals surface area contributed by atoms with Gasteiger partial charge >= 0.3 is 6.18 Å². The molecule has 0 saturated carbocycles. The number of benzene rings is 3. The van der Waals surface area contributed by atoms with Crippen molar-refractivity contribution in [1.29, 1.82) is 0 Å². The molecule has 0 amide bonds. The third-order valence-corrected chi connectivity index (χ3v) is 5.46. The fraction of sp³-hybridized carbons (Fsp3) is 0.280. The zero-order valence-electron chi connectivity index (χ0n) is 16.8. The Labute approximate surface area is 174 Å². The van der Waals surface area contributed by atoms with E-state index in [9.17, 15) is 13.2 Å². The van der Waals surface area contributed by atoms with E-state index in [0.29, 0.717) is 12.4 Å². The van der Waals surface area contributed by atoms with Crippen LogP contribution in [0.3, 0.4) is 0 Å². The first-order valence-corrected chi connectivity index (χ1v) is 10.0. The van der Waals surface area contributed by atoms with Gasteiger partial charge in [-0.3, -0.25) is 0 Å². The largest absolute Gasteiger partial charge is 0.488 e. The average Bonchev–Trinajstić information content (AvgIpc) is 3.20. The Bertz CT molecular complexity index is 1030. The minimum atomic E-state index is -4.37. The summed E-state index contributed by atoms with van der Waals surface area (Å²) in [5, 5.41) is 0. The number of hydrogen-bond acceptors (Lipinski definition) is 2. The molecular formula is C25H23F3O2. The fourth-order valence-corrected chi connectivity index (χ4v) is 3.94. The first-order chi connectivity index (χ1) is 14.4. The molecule has 1 aliphatic carbocycles. The van der Waals surface area contributed by atoms with Crippen molar-refractivity contribution in [2.75, 3.05) is 6.61 Å². The molecule has 30 heavy (non-hydrogen) atoms.